The van der Waals surface area contributed by atoms with Crippen molar-refractivity contribution >= 4 is 16.9 Å². The number of nitrogens with zero attached hydrogens (tertiary/aromatic N) is 2. The van der Waals surface area contributed by atoms with E-state index in [1.165, 1.54) is 0 Å². The Labute approximate surface area is 94.3 Å². The molecule has 0 aliphatic carbocycles. The maximum Gasteiger partial charge on any atom is 0.220 e. The van der Waals surface area contributed by atoms with Crippen LogP contribution in [0.25, 0.3) is 11.0 Å². The average molecular weight is 217 g/mol. The normalized spacial score (nSPS) is 10.6. The lowest BCUT2D eigenvalue weighted by atomic mass is 10.3. The summed E-state index contributed by atoms with van der Waals surface area (Å²) in [6.45, 7) is 2.32. The molecule has 0 saturated heterocycles. The van der Waals surface area contributed by atoms with Crippen molar-refractivity contribution in [2.45, 2.75) is 19.9 Å². The fourth-order valence-electron chi connectivity index (χ4n) is 1.66. The Kier molecular flexibility index (Phi) is 2.90. The van der Waals surface area contributed by atoms with Gasteiger partial charge in [-0.1, -0.05) is 19.1 Å². The summed E-state index contributed by atoms with van der Waals surface area (Å²) in [5.41, 5.74) is 2.05. The topological polar surface area (TPSA) is 46.9 Å². The van der Waals surface area contributed by atoms with Crippen LogP contribution in [-0.2, 0) is 18.4 Å². The van der Waals surface area contributed by atoms with Gasteiger partial charge in [0, 0.05) is 13.5 Å². The first kappa shape index (κ1) is 10.7. The smallest absolute Gasteiger partial charge is 0.220 e. The molecule has 1 aromatic heterocycles. The molecule has 0 aliphatic rings. The Hall–Kier alpha value is -1.84. The molecule has 2 aromatic rings. The highest BCUT2D eigenvalue weighted by atomic mass is 16.1. The molecule has 84 valence electrons. The Morgan fingerprint density at radius 1 is 1.44 bits per heavy atom. The number of nitrogens with one attached hydrogen (secondary N) is 1. The lowest BCUT2D eigenvalue weighted by Crippen LogP contribution is -2.23. The van der Waals surface area contributed by atoms with Gasteiger partial charge in [-0.05, 0) is 12.1 Å². The van der Waals surface area contributed by atoms with E-state index < -0.39 is 0 Å². The third-order valence-electron chi connectivity index (χ3n) is 2.64. The van der Waals surface area contributed by atoms with Crippen molar-refractivity contribution in [1.82, 2.24) is 14.9 Å². The lowest BCUT2D eigenvalue weighted by Gasteiger charge is -2.03. The first-order valence-corrected chi connectivity index (χ1v) is 5.39. The van der Waals surface area contributed by atoms with E-state index in [0.717, 1.165) is 16.9 Å². The van der Waals surface area contributed by atoms with Gasteiger partial charge in [0.05, 0.1) is 17.6 Å². The zero-order valence-electron chi connectivity index (χ0n) is 9.53. The minimum absolute atomic E-state index is 0.0482. The molecule has 0 aliphatic heterocycles. The van der Waals surface area contributed by atoms with Crippen molar-refractivity contribution in [3.05, 3.63) is 30.1 Å². The molecule has 1 amide bonds. The van der Waals surface area contributed by atoms with Crippen LogP contribution in [-0.4, -0.2) is 15.5 Å². The summed E-state index contributed by atoms with van der Waals surface area (Å²) in [5, 5.41) is 2.83. The fraction of sp³-hybridized carbons (Fsp3) is 0.333. The molecule has 1 aromatic carbocycles. The highest BCUT2D eigenvalue weighted by Crippen LogP contribution is 2.13. The predicted octanol–water partition coefficient (Wildman–Crippen LogP) is 1.60. The quantitative estimate of drug-likeness (QED) is 0.848. The number of aromatic nitrogens is 2. The second kappa shape index (κ2) is 4.35. The van der Waals surface area contributed by atoms with Crippen LogP contribution in [0.2, 0.25) is 0 Å². The monoisotopic (exact) mass is 217 g/mol. The molecule has 0 saturated carbocycles. The van der Waals surface area contributed by atoms with Gasteiger partial charge in [-0.3, -0.25) is 4.79 Å². The number of carbonyl (C=O) groups is 1. The van der Waals surface area contributed by atoms with Gasteiger partial charge >= 0.3 is 0 Å². The lowest BCUT2D eigenvalue weighted by molar-refractivity contribution is -0.120. The van der Waals surface area contributed by atoms with Crippen LogP contribution < -0.4 is 5.32 Å². The summed E-state index contributed by atoms with van der Waals surface area (Å²) in [6, 6.07) is 7.94. The molecule has 2 rings (SSSR count). The SMILES string of the molecule is CCC(=O)NCc1nc2ccccc2n1C. The van der Waals surface area contributed by atoms with Gasteiger partial charge in [0.25, 0.3) is 0 Å². The number of imidazole rings is 1. The number of amides is 1. The molecule has 0 radical (unpaired) electrons. The van der Waals surface area contributed by atoms with Crippen LogP contribution in [0.4, 0.5) is 0 Å². The minimum atomic E-state index is 0.0482. The third-order valence-corrected chi connectivity index (χ3v) is 2.64. The number of hydrogen-bond acceptors (Lipinski definition) is 2. The molecule has 1 heterocycles. The van der Waals surface area contributed by atoms with E-state index in [4.69, 9.17) is 0 Å². The van der Waals surface area contributed by atoms with Gasteiger partial charge < -0.3 is 9.88 Å². The second-order valence-electron chi connectivity index (χ2n) is 3.71. The van der Waals surface area contributed by atoms with Crippen LogP contribution in [0.1, 0.15) is 19.2 Å². The molecule has 1 N–H and O–H groups in total. The number of hydrogen-bond donors (Lipinski definition) is 1. The highest BCUT2D eigenvalue weighted by Gasteiger charge is 2.07. The summed E-state index contributed by atoms with van der Waals surface area (Å²) < 4.78 is 2.01. The Morgan fingerprint density at radius 3 is 2.88 bits per heavy atom. The molecule has 0 atom stereocenters. The van der Waals surface area contributed by atoms with E-state index in [2.05, 4.69) is 10.3 Å². The van der Waals surface area contributed by atoms with Gasteiger partial charge in [0.2, 0.25) is 5.91 Å². The van der Waals surface area contributed by atoms with Gasteiger partial charge in [0.15, 0.2) is 0 Å². The minimum Gasteiger partial charge on any atom is -0.349 e. The summed E-state index contributed by atoms with van der Waals surface area (Å²) in [5.74, 6) is 0.926. The van der Waals surface area contributed by atoms with Crippen molar-refractivity contribution in [2.75, 3.05) is 0 Å². The van der Waals surface area contributed by atoms with Crippen LogP contribution in [0, 0.1) is 0 Å². The summed E-state index contributed by atoms with van der Waals surface area (Å²) in [6.07, 6.45) is 0.504. The van der Waals surface area contributed by atoms with E-state index in [1.54, 1.807) is 0 Å². The molecule has 0 fully saturated rings. The van der Waals surface area contributed by atoms with Crippen LogP contribution >= 0.6 is 0 Å². The van der Waals surface area contributed by atoms with Gasteiger partial charge in [-0.25, -0.2) is 4.98 Å². The zero-order valence-corrected chi connectivity index (χ0v) is 9.53. The molecule has 4 heteroatoms. The summed E-state index contributed by atoms with van der Waals surface area (Å²) in [4.78, 5) is 15.6. The van der Waals surface area contributed by atoms with E-state index in [9.17, 15) is 4.79 Å². The number of benzene rings is 1. The maximum atomic E-state index is 11.2. The molecular formula is C12H15N3O. The van der Waals surface area contributed by atoms with Gasteiger partial charge in [-0.15, -0.1) is 0 Å². The first-order valence-electron chi connectivity index (χ1n) is 5.39. The number of aryl methyl sites for hydroxylation is 1. The van der Waals surface area contributed by atoms with Crippen molar-refractivity contribution < 1.29 is 4.79 Å². The molecule has 0 unspecified atom stereocenters. The average Bonchev–Trinajstić information content (AvgIpc) is 2.64. The molecule has 4 nitrogen and oxygen atoms in total. The van der Waals surface area contributed by atoms with E-state index in [1.807, 2.05) is 42.8 Å². The first-order chi connectivity index (χ1) is 7.72. The van der Waals surface area contributed by atoms with Gasteiger partial charge in [-0.2, -0.15) is 0 Å². The largest absolute Gasteiger partial charge is 0.349 e. The van der Waals surface area contributed by atoms with E-state index in [0.29, 0.717) is 13.0 Å². The molecule has 16 heavy (non-hydrogen) atoms. The molecule has 0 bridgehead atoms. The summed E-state index contributed by atoms with van der Waals surface area (Å²) >= 11 is 0. The number of para-hydroxylation sites is 2. The van der Waals surface area contributed by atoms with Crippen molar-refractivity contribution in [2.24, 2.45) is 7.05 Å². The molecule has 0 spiro atoms. The Morgan fingerprint density at radius 2 is 2.19 bits per heavy atom. The van der Waals surface area contributed by atoms with Crippen LogP contribution in [0.15, 0.2) is 24.3 Å². The Balaban J connectivity index is 2.24. The van der Waals surface area contributed by atoms with E-state index in [-0.39, 0.29) is 5.91 Å². The zero-order chi connectivity index (χ0) is 11.5. The van der Waals surface area contributed by atoms with Gasteiger partial charge in [0.1, 0.15) is 5.82 Å². The number of fused-ring (bicyclic) bond motifs is 1. The van der Waals surface area contributed by atoms with Crippen molar-refractivity contribution in [3.63, 3.8) is 0 Å². The Bertz CT molecular complexity index is 516. The standard InChI is InChI=1S/C12H15N3O/c1-3-12(16)13-8-11-14-9-6-4-5-7-10(9)15(11)2/h4-7H,3,8H2,1-2H3,(H,13,16). The second-order valence-corrected chi connectivity index (χ2v) is 3.71. The number of rotatable bonds is 3. The van der Waals surface area contributed by atoms with Crippen molar-refractivity contribution in [3.8, 4) is 0 Å². The van der Waals surface area contributed by atoms with E-state index >= 15 is 0 Å². The predicted molar refractivity (Wildman–Crippen MR) is 62.9 cm³/mol. The summed E-state index contributed by atoms with van der Waals surface area (Å²) in [7, 11) is 1.96. The molecular weight excluding hydrogens is 202 g/mol. The van der Waals surface area contributed by atoms with Crippen LogP contribution in [0.5, 0.6) is 0 Å². The number of carbonyl (C=O) groups excluding carboxylic acids is 1. The highest BCUT2D eigenvalue weighted by molar-refractivity contribution is 5.77. The van der Waals surface area contributed by atoms with Crippen LogP contribution in [0.3, 0.4) is 0 Å². The fourth-order valence-corrected chi connectivity index (χ4v) is 1.66. The third kappa shape index (κ3) is 1.91. The van der Waals surface area contributed by atoms with Crippen molar-refractivity contribution in [1.29, 1.82) is 0 Å². The maximum absolute atomic E-state index is 11.2.